The minimum Gasteiger partial charge on any atom is -0.368 e. The number of hydrogen-bond acceptors (Lipinski definition) is 3. The maximum Gasteiger partial charge on any atom is 0.252 e. The molecule has 2 aliphatic rings. The summed E-state index contributed by atoms with van der Waals surface area (Å²) in [5.74, 6) is 0.172. The standard InChI is InChI=1S/C18H26N2O2.ClH/c1-2-14-6-8-15(9-7-14)16-13-19-10-11-20(16)18(21)17-5-3-4-12-22-17;/h6-9,16-17,19H,2-5,10-13H2,1H3;1H. The summed E-state index contributed by atoms with van der Waals surface area (Å²) in [6.45, 7) is 5.33. The van der Waals surface area contributed by atoms with Crippen LogP contribution in [0.5, 0.6) is 0 Å². The molecule has 0 saturated carbocycles. The smallest absolute Gasteiger partial charge is 0.252 e. The number of amides is 1. The Kier molecular flexibility index (Phi) is 6.88. The zero-order chi connectivity index (χ0) is 15.4. The number of halogens is 1. The van der Waals surface area contributed by atoms with Crippen molar-refractivity contribution in [2.75, 3.05) is 26.2 Å². The first-order valence-electron chi connectivity index (χ1n) is 8.51. The first-order chi connectivity index (χ1) is 10.8. The number of nitrogens with one attached hydrogen (secondary N) is 1. The van der Waals surface area contributed by atoms with Gasteiger partial charge in [0.1, 0.15) is 6.10 Å². The molecule has 2 fully saturated rings. The third kappa shape index (κ3) is 4.25. The number of piperazine rings is 1. The number of rotatable bonds is 3. The zero-order valence-corrected chi connectivity index (χ0v) is 14.6. The van der Waals surface area contributed by atoms with E-state index in [0.29, 0.717) is 0 Å². The van der Waals surface area contributed by atoms with Crippen molar-refractivity contribution in [1.82, 2.24) is 10.2 Å². The molecule has 2 aliphatic heterocycles. The van der Waals surface area contributed by atoms with Gasteiger partial charge in [-0.1, -0.05) is 31.2 Å². The van der Waals surface area contributed by atoms with Crippen molar-refractivity contribution in [3.63, 3.8) is 0 Å². The number of hydrogen-bond donors (Lipinski definition) is 1. The van der Waals surface area contributed by atoms with Crippen molar-refractivity contribution in [2.45, 2.75) is 44.8 Å². The second-order valence-corrected chi connectivity index (χ2v) is 6.20. The van der Waals surface area contributed by atoms with Gasteiger partial charge in [-0.3, -0.25) is 4.79 Å². The predicted octanol–water partition coefficient (Wildman–Crippen LogP) is 2.71. The van der Waals surface area contributed by atoms with E-state index in [4.69, 9.17) is 4.74 Å². The fourth-order valence-electron chi connectivity index (χ4n) is 3.36. The average molecular weight is 339 g/mol. The molecule has 1 N–H and O–H groups in total. The third-order valence-electron chi connectivity index (χ3n) is 4.75. The SMILES string of the molecule is CCc1ccc(C2CNCCN2C(=O)C2CCCCO2)cc1.Cl. The van der Waals surface area contributed by atoms with Crippen LogP contribution in [-0.4, -0.2) is 43.2 Å². The van der Waals surface area contributed by atoms with Crippen LogP contribution in [-0.2, 0) is 16.0 Å². The topological polar surface area (TPSA) is 41.6 Å². The van der Waals surface area contributed by atoms with E-state index >= 15 is 0 Å². The van der Waals surface area contributed by atoms with Crippen LogP contribution in [0.1, 0.15) is 43.4 Å². The minimum absolute atomic E-state index is 0. The molecule has 2 unspecified atom stereocenters. The van der Waals surface area contributed by atoms with E-state index in [1.807, 2.05) is 4.90 Å². The lowest BCUT2D eigenvalue weighted by atomic mass is 9.99. The summed E-state index contributed by atoms with van der Waals surface area (Å²) in [6, 6.07) is 8.79. The van der Waals surface area contributed by atoms with Gasteiger partial charge in [0, 0.05) is 26.2 Å². The summed E-state index contributed by atoms with van der Waals surface area (Å²) in [5.41, 5.74) is 2.55. The molecule has 0 spiro atoms. The van der Waals surface area contributed by atoms with Crippen LogP contribution in [0.3, 0.4) is 0 Å². The number of aryl methyl sites for hydroxylation is 1. The van der Waals surface area contributed by atoms with Crippen molar-refractivity contribution in [3.05, 3.63) is 35.4 Å². The fourth-order valence-corrected chi connectivity index (χ4v) is 3.36. The van der Waals surface area contributed by atoms with Crippen molar-refractivity contribution in [3.8, 4) is 0 Å². The summed E-state index contributed by atoms with van der Waals surface area (Å²) in [6.07, 6.45) is 3.85. The van der Waals surface area contributed by atoms with Gasteiger partial charge in [0.2, 0.25) is 0 Å². The van der Waals surface area contributed by atoms with Gasteiger partial charge in [-0.05, 0) is 36.8 Å². The molecule has 0 radical (unpaired) electrons. The summed E-state index contributed by atoms with van der Waals surface area (Å²) < 4.78 is 5.70. The van der Waals surface area contributed by atoms with Crippen LogP contribution >= 0.6 is 12.4 Å². The maximum absolute atomic E-state index is 12.8. The maximum atomic E-state index is 12.8. The van der Waals surface area contributed by atoms with Gasteiger partial charge in [-0.25, -0.2) is 0 Å². The van der Waals surface area contributed by atoms with E-state index in [-0.39, 0.29) is 30.5 Å². The lowest BCUT2D eigenvalue weighted by Crippen LogP contribution is -2.52. The Morgan fingerprint density at radius 3 is 2.74 bits per heavy atom. The second-order valence-electron chi connectivity index (χ2n) is 6.20. The van der Waals surface area contributed by atoms with E-state index in [0.717, 1.165) is 51.9 Å². The third-order valence-corrected chi connectivity index (χ3v) is 4.75. The Labute approximate surface area is 145 Å². The highest BCUT2D eigenvalue weighted by molar-refractivity contribution is 5.85. The van der Waals surface area contributed by atoms with Crippen molar-refractivity contribution in [2.24, 2.45) is 0 Å². The molecular weight excluding hydrogens is 312 g/mol. The molecule has 2 heterocycles. The van der Waals surface area contributed by atoms with Crippen LogP contribution < -0.4 is 5.32 Å². The van der Waals surface area contributed by atoms with E-state index in [1.54, 1.807) is 0 Å². The monoisotopic (exact) mass is 338 g/mol. The summed E-state index contributed by atoms with van der Waals surface area (Å²) in [7, 11) is 0. The molecule has 1 amide bonds. The van der Waals surface area contributed by atoms with E-state index in [2.05, 4.69) is 36.5 Å². The van der Waals surface area contributed by atoms with E-state index in [1.165, 1.54) is 11.1 Å². The predicted molar refractivity (Wildman–Crippen MR) is 94.0 cm³/mol. The van der Waals surface area contributed by atoms with Crippen LogP contribution in [0.2, 0.25) is 0 Å². The van der Waals surface area contributed by atoms with Crippen molar-refractivity contribution in [1.29, 1.82) is 0 Å². The number of nitrogens with zero attached hydrogens (tertiary/aromatic N) is 1. The number of carbonyl (C=O) groups excluding carboxylic acids is 1. The van der Waals surface area contributed by atoms with Gasteiger partial charge in [0.25, 0.3) is 5.91 Å². The van der Waals surface area contributed by atoms with Gasteiger partial charge in [0.15, 0.2) is 0 Å². The molecule has 23 heavy (non-hydrogen) atoms. The van der Waals surface area contributed by atoms with Gasteiger partial charge in [0.05, 0.1) is 6.04 Å². The number of benzene rings is 1. The molecular formula is C18H27ClN2O2. The summed E-state index contributed by atoms with van der Waals surface area (Å²) in [4.78, 5) is 14.9. The lowest BCUT2D eigenvalue weighted by molar-refractivity contribution is -0.150. The zero-order valence-electron chi connectivity index (χ0n) is 13.8. The van der Waals surface area contributed by atoms with Crippen LogP contribution in [0.25, 0.3) is 0 Å². The number of carbonyl (C=O) groups is 1. The van der Waals surface area contributed by atoms with Crippen LogP contribution in [0.4, 0.5) is 0 Å². The molecule has 1 aromatic rings. The average Bonchev–Trinajstić information content (AvgIpc) is 2.62. The van der Waals surface area contributed by atoms with Crippen molar-refractivity contribution >= 4 is 18.3 Å². The summed E-state index contributed by atoms with van der Waals surface area (Å²) in [5, 5.41) is 3.41. The largest absolute Gasteiger partial charge is 0.368 e. The molecule has 0 bridgehead atoms. The van der Waals surface area contributed by atoms with Gasteiger partial charge < -0.3 is 15.0 Å². The molecule has 4 nitrogen and oxygen atoms in total. The Bertz CT molecular complexity index is 500. The molecule has 5 heteroatoms. The molecule has 0 aromatic heterocycles. The highest BCUT2D eigenvalue weighted by Gasteiger charge is 2.33. The van der Waals surface area contributed by atoms with Crippen LogP contribution in [0, 0.1) is 0 Å². The number of ether oxygens (including phenoxy) is 1. The summed E-state index contributed by atoms with van der Waals surface area (Å²) >= 11 is 0. The van der Waals surface area contributed by atoms with E-state index in [9.17, 15) is 4.79 Å². The van der Waals surface area contributed by atoms with Gasteiger partial charge in [-0.15, -0.1) is 12.4 Å². The Morgan fingerprint density at radius 1 is 1.30 bits per heavy atom. The molecule has 2 saturated heterocycles. The minimum atomic E-state index is -0.232. The quantitative estimate of drug-likeness (QED) is 0.921. The molecule has 0 aliphatic carbocycles. The molecule has 2 atom stereocenters. The van der Waals surface area contributed by atoms with Crippen molar-refractivity contribution < 1.29 is 9.53 Å². The van der Waals surface area contributed by atoms with Gasteiger partial charge in [-0.2, -0.15) is 0 Å². The molecule has 128 valence electrons. The first kappa shape index (κ1) is 18.2. The molecule has 3 rings (SSSR count). The van der Waals surface area contributed by atoms with E-state index < -0.39 is 0 Å². The molecule has 1 aromatic carbocycles. The fraction of sp³-hybridized carbons (Fsp3) is 0.611. The normalized spacial score (nSPS) is 24.8. The highest BCUT2D eigenvalue weighted by Crippen LogP contribution is 2.26. The van der Waals surface area contributed by atoms with Gasteiger partial charge >= 0.3 is 0 Å². The Hall–Kier alpha value is -1.10. The Balaban J connectivity index is 0.00000192. The van der Waals surface area contributed by atoms with Crippen LogP contribution in [0.15, 0.2) is 24.3 Å². The Morgan fingerprint density at radius 2 is 2.09 bits per heavy atom. The lowest BCUT2D eigenvalue weighted by Gasteiger charge is -2.39. The first-order valence-corrected chi connectivity index (χ1v) is 8.51. The highest BCUT2D eigenvalue weighted by atomic mass is 35.5. The second kappa shape index (κ2) is 8.67.